The van der Waals surface area contributed by atoms with Crippen LogP contribution in [0.5, 0.6) is 0 Å². The smallest absolute Gasteiger partial charge is 0.107 e. The zero-order valence-corrected chi connectivity index (χ0v) is 19.1. The number of terminal acetylenes is 1. The van der Waals surface area contributed by atoms with E-state index in [1.54, 1.807) is 0 Å². The Bertz CT molecular complexity index is 417. The van der Waals surface area contributed by atoms with Crippen molar-refractivity contribution in [3.8, 4) is 12.3 Å². The highest BCUT2D eigenvalue weighted by molar-refractivity contribution is 4.82. The third kappa shape index (κ3) is 18.5. The van der Waals surface area contributed by atoms with E-state index in [2.05, 4.69) is 15.7 Å². The molecule has 9 nitrogen and oxygen atoms in total. The van der Waals surface area contributed by atoms with Gasteiger partial charge in [0.15, 0.2) is 0 Å². The molecule has 0 spiro atoms. The summed E-state index contributed by atoms with van der Waals surface area (Å²) in [6, 6.07) is 0. The fourth-order valence-electron chi connectivity index (χ4n) is 2.98. The minimum Gasteiger partial charge on any atom is -0.378 e. The van der Waals surface area contributed by atoms with E-state index in [1.807, 2.05) is 0 Å². The maximum absolute atomic E-state index is 5.66. The molecule has 31 heavy (non-hydrogen) atoms. The van der Waals surface area contributed by atoms with Crippen LogP contribution in [0.3, 0.4) is 0 Å². The first-order valence-electron chi connectivity index (χ1n) is 11.4. The van der Waals surface area contributed by atoms with Crippen LogP contribution in [0.15, 0.2) is 0 Å². The average molecular weight is 446 g/mol. The molecule has 0 aromatic carbocycles. The van der Waals surface area contributed by atoms with E-state index < -0.39 is 0 Å². The maximum atomic E-state index is 5.66. The zero-order chi connectivity index (χ0) is 22.2. The van der Waals surface area contributed by atoms with Crippen LogP contribution in [0.2, 0.25) is 0 Å². The summed E-state index contributed by atoms with van der Waals surface area (Å²) in [5.41, 5.74) is 5.57. The Balaban J connectivity index is 1.70. The highest BCUT2D eigenvalue weighted by atomic mass is 16.6. The summed E-state index contributed by atoms with van der Waals surface area (Å²) < 4.78 is 32.5. The highest BCUT2D eigenvalue weighted by Gasteiger charge is 2.15. The normalized spacial score (nSPS) is 15.4. The van der Waals surface area contributed by atoms with Crippen LogP contribution >= 0.6 is 0 Å². The second-order valence-corrected chi connectivity index (χ2v) is 7.14. The molecule has 0 aromatic heterocycles. The van der Waals surface area contributed by atoms with Crippen molar-refractivity contribution in [3.63, 3.8) is 0 Å². The quantitative estimate of drug-likeness (QED) is 0.178. The summed E-state index contributed by atoms with van der Waals surface area (Å²) >= 11 is 0. The van der Waals surface area contributed by atoms with Crippen molar-refractivity contribution in [1.82, 2.24) is 9.80 Å². The molecular formula is C22H43N3O6. The highest BCUT2D eigenvalue weighted by Crippen LogP contribution is 2.01. The molecule has 0 radical (unpaired) electrons. The lowest BCUT2D eigenvalue weighted by atomic mass is 10.3. The first-order chi connectivity index (χ1) is 15.4. The molecule has 9 heteroatoms. The molecule has 0 unspecified atom stereocenters. The molecule has 0 aromatic rings. The molecular weight excluding hydrogens is 402 g/mol. The van der Waals surface area contributed by atoms with E-state index >= 15 is 0 Å². The Labute approximate surface area is 188 Å². The topological polar surface area (TPSA) is 87.9 Å². The fraction of sp³-hybridized carbons (Fsp3) is 0.909. The molecule has 1 fully saturated rings. The van der Waals surface area contributed by atoms with Crippen molar-refractivity contribution in [2.24, 2.45) is 5.73 Å². The van der Waals surface area contributed by atoms with Crippen molar-refractivity contribution in [3.05, 3.63) is 0 Å². The zero-order valence-electron chi connectivity index (χ0n) is 19.1. The average Bonchev–Trinajstić information content (AvgIpc) is 2.80. The Morgan fingerprint density at radius 3 is 1.39 bits per heavy atom. The standard InChI is InChI=1S/C22H43N3O6/c1-2-11-26-13-15-28-17-19-30-21-22-31-20-18-29-16-14-27-12-10-25-8-6-24(7-9-25)5-3-4-23/h1H,3-23H2. The van der Waals surface area contributed by atoms with E-state index in [-0.39, 0.29) is 0 Å². The van der Waals surface area contributed by atoms with Crippen LogP contribution in [0.4, 0.5) is 0 Å². The van der Waals surface area contributed by atoms with Gasteiger partial charge < -0.3 is 39.1 Å². The van der Waals surface area contributed by atoms with Crippen LogP contribution in [0.25, 0.3) is 0 Å². The molecule has 1 aliphatic heterocycles. The summed E-state index contributed by atoms with van der Waals surface area (Å²) in [5.74, 6) is 2.40. The Kier molecular flexibility index (Phi) is 20.4. The van der Waals surface area contributed by atoms with Gasteiger partial charge in [-0.25, -0.2) is 0 Å². The molecule has 1 heterocycles. The molecule has 0 aliphatic carbocycles. The Hall–Kier alpha value is -0.800. The Morgan fingerprint density at radius 2 is 0.968 bits per heavy atom. The van der Waals surface area contributed by atoms with Gasteiger partial charge in [0.05, 0.1) is 72.7 Å². The van der Waals surface area contributed by atoms with E-state index in [1.165, 1.54) is 0 Å². The van der Waals surface area contributed by atoms with Crippen molar-refractivity contribution < 1.29 is 28.4 Å². The third-order valence-corrected chi connectivity index (χ3v) is 4.74. The van der Waals surface area contributed by atoms with Gasteiger partial charge in [0.25, 0.3) is 0 Å². The lowest BCUT2D eigenvalue weighted by Crippen LogP contribution is -2.47. The van der Waals surface area contributed by atoms with Crippen molar-refractivity contribution in [1.29, 1.82) is 0 Å². The molecule has 0 saturated carbocycles. The third-order valence-electron chi connectivity index (χ3n) is 4.74. The predicted molar refractivity (Wildman–Crippen MR) is 120 cm³/mol. The SMILES string of the molecule is C#CCOCCOCCOCCOCCOCCOCCN1CCN(CCCN)CC1. The molecule has 1 aliphatic rings. The summed E-state index contributed by atoms with van der Waals surface area (Å²) in [7, 11) is 0. The number of ether oxygens (including phenoxy) is 6. The van der Waals surface area contributed by atoms with Crippen LogP contribution in [-0.4, -0.2) is 135 Å². The maximum Gasteiger partial charge on any atom is 0.107 e. The predicted octanol–water partition coefficient (Wildman–Crippen LogP) is -0.314. The lowest BCUT2D eigenvalue weighted by molar-refractivity contribution is -0.0168. The number of hydrogen-bond acceptors (Lipinski definition) is 9. The van der Waals surface area contributed by atoms with Gasteiger partial charge in [0.1, 0.15) is 6.61 Å². The lowest BCUT2D eigenvalue weighted by Gasteiger charge is -2.34. The van der Waals surface area contributed by atoms with Crippen molar-refractivity contribution in [2.45, 2.75) is 6.42 Å². The van der Waals surface area contributed by atoms with Gasteiger partial charge in [-0.2, -0.15) is 0 Å². The van der Waals surface area contributed by atoms with E-state index in [4.69, 9.17) is 40.6 Å². The van der Waals surface area contributed by atoms with Crippen LogP contribution in [-0.2, 0) is 28.4 Å². The van der Waals surface area contributed by atoms with E-state index in [9.17, 15) is 0 Å². The number of hydrogen-bond donors (Lipinski definition) is 1. The van der Waals surface area contributed by atoms with E-state index in [0.29, 0.717) is 72.7 Å². The fourth-order valence-corrected chi connectivity index (χ4v) is 2.98. The van der Waals surface area contributed by atoms with E-state index in [0.717, 1.165) is 58.8 Å². The van der Waals surface area contributed by atoms with Gasteiger partial charge in [-0.05, 0) is 19.5 Å². The number of piperazine rings is 1. The first kappa shape index (κ1) is 28.2. The van der Waals surface area contributed by atoms with Crippen LogP contribution in [0, 0.1) is 12.3 Å². The second-order valence-electron chi connectivity index (χ2n) is 7.14. The van der Waals surface area contributed by atoms with Crippen LogP contribution in [0.1, 0.15) is 6.42 Å². The number of nitrogens with two attached hydrogens (primary N) is 1. The first-order valence-corrected chi connectivity index (χ1v) is 11.4. The minimum atomic E-state index is 0.322. The molecule has 0 atom stereocenters. The Morgan fingerprint density at radius 1 is 0.581 bits per heavy atom. The number of nitrogens with zero attached hydrogens (tertiary/aromatic N) is 2. The second kappa shape index (κ2) is 22.4. The van der Waals surface area contributed by atoms with Crippen LogP contribution < -0.4 is 5.73 Å². The van der Waals surface area contributed by atoms with Crippen molar-refractivity contribution in [2.75, 3.05) is 125 Å². The molecule has 0 bridgehead atoms. The van der Waals surface area contributed by atoms with Gasteiger partial charge >= 0.3 is 0 Å². The van der Waals surface area contributed by atoms with Gasteiger partial charge in [0.2, 0.25) is 0 Å². The van der Waals surface area contributed by atoms with Gasteiger partial charge in [-0.3, -0.25) is 4.90 Å². The molecule has 0 amide bonds. The van der Waals surface area contributed by atoms with Gasteiger partial charge in [-0.1, -0.05) is 5.92 Å². The molecule has 2 N–H and O–H groups in total. The monoisotopic (exact) mass is 445 g/mol. The summed E-state index contributed by atoms with van der Waals surface area (Å²) in [6.45, 7) is 14.0. The minimum absolute atomic E-state index is 0.322. The molecule has 1 rings (SSSR count). The van der Waals surface area contributed by atoms with Gasteiger partial charge in [-0.15, -0.1) is 6.42 Å². The molecule has 182 valence electrons. The largest absolute Gasteiger partial charge is 0.378 e. The van der Waals surface area contributed by atoms with Crippen molar-refractivity contribution >= 4 is 0 Å². The molecule has 1 saturated heterocycles. The summed E-state index contributed by atoms with van der Waals surface area (Å²) in [4.78, 5) is 4.94. The summed E-state index contributed by atoms with van der Waals surface area (Å²) in [5, 5.41) is 0. The van der Waals surface area contributed by atoms with Gasteiger partial charge in [0, 0.05) is 32.7 Å². The summed E-state index contributed by atoms with van der Waals surface area (Å²) in [6.07, 6.45) is 6.16. The number of rotatable bonds is 22.